The van der Waals surface area contributed by atoms with E-state index in [0.717, 1.165) is 19.1 Å². The van der Waals surface area contributed by atoms with Crippen molar-refractivity contribution in [2.24, 2.45) is 11.3 Å². The fraction of sp³-hybridized carbons (Fsp3) is 1.00. The fourth-order valence-corrected chi connectivity index (χ4v) is 2.79. The van der Waals surface area contributed by atoms with E-state index in [4.69, 9.17) is 4.74 Å². The highest BCUT2D eigenvalue weighted by Gasteiger charge is 2.41. The molecule has 12 heavy (non-hydrogen) atoms. The molecule has 2 rings (SSSR count). The predicted molar refractivity (Wildman–Crippen MR) is 53.6 cm³/mol. The van der Waals surface area contributed by atoms with Crippen molar-refractivity contribution in [2.75, 3.05) is 18.5 Å². The maximum absolute atomic E-state index is 5.36. The van der Waals surface area contributed by atoms with Gasteiger partial charge in [0.25, 0.3) is 0 Å². The van der Waals surface area contributed by atoms with E-state index in [0.29, 0.717) is 5.41 Å². The van der Waals surface area contributed by atoms with Gasteiger partial charge in [-0.1, -0.05) is 15.9 Å². The Morgan fingerprint density at radius 2 is 2.25 bits per heavy atom. The average molecular weight is 233 g/mol. The van der Waals surface area contributed by atoms with Gasteiger partial charge in [-0.2, -0.15) is 0 Å². The van der Waals surface area contributed by atoms with Crippen molar-refractivity contribution in [3.05, 3.63) is 0 Å². The molecule has 1 atom stereocenters. The van der Waals surface area contributed by atoms with Gasteiger partial charge < -0.3 is 4.74 Å². The lowest BCUT2D eigenvalue weighted by Crippen LogP contribution is -2.07. The lowest BCUT2D eigenvalue weighted by atomic mass is 9.94. The van der Waals surface area contributed by atoms with Crippen molar-refractivity contribution in [1.29, 1.82) is 0 Å². The Morgan fingerprint density at radius 1 is 1.42 bits per heavy atom. The SMILES string of the molecule is BrCC1(CCC2CCOC2)CC1. The molecule has 0 aromatic carbocycles. The zero-order valence-corrected chi connectivity index (χ0v) is 9.11. The first-order chi connectivity index (χ1) is 5.85. The third-order valence-corrected chi connectivity index (χ3v) is 4.54. The van der Waals surface area contributed by atoms with Crippen LogP contribution in [0.5, 0.6) is 0 Å². The van der Waals surface area contributed by atoms with Crippen LogP contribution in [0.3, 0.4) is 0 Å². The van der Waals surface area contributed by atoms with Crippen LogP contribution in [0.1, 0.15) is 32.1 Å². The summed E-state index contributed by atoms with van der Waals surface area (Å²) in [5.41, 5.74) is 0.711. The number of rotatable bonds is 4. The third-order valence-electron chi connectivity index (χ3n) is 3.35. The lowest BCUT2D eigenvalue weighted by Gasteiger charge is -2.13. The summed E-state index contributed by atoms with van der Waals surface area (Å²) in [6, 6.07) is 0. The van der Waals surface area contributed by atoms with E-state index < -0.39 is 0 Å². The predicted octanol–water partition coefficient (Wildman–Crippen LogP) is 2.98. The monoisotopic (exact) mass is 232 g/mol. The Labute approximate surface area is 83.0 Å². The second-order valence-corrected chi connectivity index (χ2v) is 4.96. The molecule has 1 saturated heterocycles. The van der Waals surface area contributed by atoms with E-state index in [9.17, 15) is 0 Å². The van der Waals surface area contributed by atoms with E-state index in [1.807, 2.05) is 0 Å². The first-order valence-corrected chi connectivity index (χ1v) is 6.11. The van der Waals surface area contributed by atoms with E-state index in [1.165, 1.54) is 37.4 Å². The Bertz CT molecular complexity index is 148. The zero-order chi connectivity index (χ0) is 8.44. The molecule has 0 amide bonds. The highest BCUT2D eigenvalue weighted by Crippen LogP contribution is 2.51. The van der Waals surface area contributed by atoms with Crippen LogP contribution in [0.15, 0.2) is 0 Å². The molecule has 2 aliphatic rings. The van der Waals surface area contributed by atoms with Crippen LogP contribution in [0.2, 0.25) is 0 Å². The summed E-state index contributed by atoms with van der Waals surface area (Å²) in [6.45, 7) is 2.03. The average Bonchev–Trinajstić information content (AvgIpc) is 2.70. The number of hydrogen-bond donors (Lipinski definition) is 0. The number of halogens is 1. The number of alkyl halides is 1. The van der Waals surface area contributed by atoms with Gasteiger partial charge in [0, 0.05) is 18.5 Å². The van der Waals surface area contributed by atoms with Gasteiger partial charge in [0.15, 0.2) is 0 Å². The summed E-state index contributed by atoms with van der Waals surface area (Å²) in [4.78, 5) is 0. The second-order valence-electron chi connectivity index (χ2n) is 4.40. The van der Waals surface area contributed by atoms with Crippen molar-refractivity contribution >= 4 is 15.9 Å². The Balaban J connectivity index is 1.67. The molecular formula is C10H17BrO. The van der Waals surface area contributed by atoms with Gasteiger partial charge in [0.05, 0.1) is 0 Å². The minimum Gasteiger partial charge on any atom is -0.381 e. The lowest BCUT2D eigenvalue weighted by molar-refractivity contribution is 0.182. The van der Waals surface area contributed by atoms with Crippen LogP contribution >= 0.6 is 15.9 Å². The molecule has 0 spiro atoms. The van der Waals surface area contributed by atoms with Crippen LogP contribution in [0.25, 0.3) is 0 Å². The van der Waals surface area contributed by atoms with E-state index >= 15 is 0 Å². The number of ether oxygens (including phenoxy) is 1. The zero-order valence-electron chi connectivity index (χ0n) is 7.52. The topological polar surface area (TPSA) is 9.23 Å². The van der Waals surface area contributed by atoms with Crippen molar-refractivity contribution in [1.82, 2.24) is 0 Å². The van der Waals surface area contributed by atoms with Crippen LogP contribution in [-0.2, 0) is 4.74 Å². The summed E-state index contributed by atoms with van der Waals surface area (Å²) in [6.07, 6.45) is 7.02. The van der Waals surface area contributed by atoms with Gasteiger partial charge in [0.2, 0.25) is 0 Å². The Kier molecular flexibility index (Phi) is 2.75. The van der Waals surface area contributed by atoms with Crippen molar-refractivity contribution in [3.8, 4) is 0 Å². The van der Waals surface area contributed by atoms with Crippen LogP contribution in [-0.4, -0.2) is 18.5 Å². The molecular weight excluding hydrogens is 216 g/mol. The molecule has 1 aliphatic carbocycles. The molecule has 1 nitrogen and oxygen atoms in total. The number of hydrogen-bond acceptors (Lipinski definition) is 1. The van der Waals surface area contributed by atoms with Crippen molar-refractivity contribution in [3.63, 3.8) is 0 Å². The van der Waals surface area contributed by atoms with Gasteiger partial charge >= 0.3 is 0 Å². The van der Waals surface area contributed by atoms with E-state index in [1.54, 1.807) is 0 Å². The maximum Gasteiger partial charge on any atom is 0.0495 e. The fourth-order valence-electron chi connectivity index (χ4n) is 1.95. The second kappa shape index (κ2) is 3.67. The minimum absolute atomic E-state index is 0.711. The molecule has 0 aromatic heterocycles. The first kappa shape index (κ1) is 9.01. The smallest absolute Gasteiger partial charge is 0.0495 e. The first-order valence-electron chi connectivity index (χ1n) is 4.98. The minimum atomic E-state index is 0.711. The van der Waals surface area contributed by atoms with Crippen molar-refractivity contribution < 1.29 is 4.74 Å². The standard InChI is InChI=1S/C10H17BrO/c11-8-10(4-5-10)3-1-9-2-6-12-7-9/h9H,1-8H2. The summed E-state index contributed by atoms with van der Waals surface area (Å²) in [7, 11) is 0. The Morgan fingerprint density at radius 3 is 2.75 bits per heavy atom. The van der Waals surface area contributed by atoms with Gasteiger partial charge in [-0.15, -0.1) is 0 Å². The van der Waals surface area contributed by atoms with Gasteiger partial charge in [-0.3, -0.25) is 0 Å². The van der Waals surface area contributed by atoms with Gasteiger partial charge in [0.1, 0.15) is 0 Å². The quantitative estimate of drug-likeness (QED) is 0.678. The van der Waals surface area contributed by atoms with Crippen LogP contribution < -0.4 is 0 Å². The van der Waals surface area contributed by atoms with Crippen molar-refractivity contribution in [2.45, 2.75) is 32.1 Å². The molecule has 1 aliphatic heterocycles. The molecule has 0 N–H and O–H groups in total. The largest absolute Gasteiger partial charge is 0.381 e. The third kappa shape index (κ3) is 2.02. The summed E-state index contributed by atoms with van der Waals surface area (Å²) >= 11 is 3.61. The maximum atomic E-state index is 5.36. The molecule has 0 aromatic rings. The molecule has 70 valence electrons. The molecule has 1 heterocycles. The van der Waals surface area contributed by atoms with Gasteiger partial charge in [-0.05, 0) is 43.4 Å². The van der Waals surface area contributed by atoms with Crippen LogP contribution in [0.4, 0.5) is 0 Å². The van der Waals surface area contributed by atoms with E-state index in [2.05, 4.69) is 15.9 Å². The highest BCUT2D eigenvalue weighted by atomic mass is 79.9. The molecule has 2 heteroatoms. The summed E-state index contributed by atoms with van der Waals surface area (Å²) in [5.74, 6) is 0.876. The molecule has 1 unspecified atom stereocenters. The molecule has 2 fully saturated rings. The Hall–Kier alpha value is 0.440. The molecule has 0 bridgehead atoms. The summed E-state index contributed by atoms with van der Waals surface area (Å²) in [5, 5.41) is 1.22. The normalized spacial score (nSPS) is 32.2. The van der Waals surface area contributed by atoms with Crippen LogP contribution in [0, 0.1) is 11.3 Å². The molecule has 1 saturated carbocycles. The molecule has 0 radical (unpaired) electrons. The van der Waals surface area contributed by atoms with E-state index in [-0.39, 0.29) is 0 Å². The summed E-state index contributed by atoms with van der Waals surface area (Å²) < 4.78 is 5.36. The van der Waals surface area contributed by atoms with Gasteiger partial charge in [-0.25, -0.2) is 0 Å². The highest BCUT2D eigenvalue weighted by molar-refractivity contribution is 9.09.